The molecule has 3 heterocycles. The Kier molecular flexibility index (Phi) is 3.93. The molecule has 0 aliphatic carbocycles. The molecule has 1 aromatic heterocycles. The van der Waals surface area contributed by atoms with Crippen molar-refractivity contribution in [2.24, 2.45) is 0 Å². The Morgan fingerprint density at radius 1 is 1.13 bits per heavy atom. The lowest BCUT2D eigenvalue weighted by atomic mass is 9.83. The van der Waals surface area contributed by atoms with E-state index in [2.05, 4.69) is 30.8 Å². The molecule has 120 valence electrons. The molecular formula is C17H17BrClN3O. The summed E-state index contributed by atoms with van der Waals surface area (Å²) in [5.74, 6) is 1.75. The van der Waals surface area contributed by atoms with Crippen molar-refractivity contribution in [1.82, 2.24) is 9.97 Å². The quantitative estimate of drug-likeness (QED) is 0.724. The lowest BCUT2D eigenvalue weighted by Gasteiger charge is -2.44. The van der Waals surface area contributed by atoms with Crippen LogP contribution in [0.15, 0.2) is 35.1 Å². The Morgan fingerprint density at radius 2 is 1.87 bits per heavy atom. The molecule has 6 heteroatoms. The van der Waals surface area contributed by atoms with Gasteiger partial charge in [0, 0.05) is 48.9 Å². The average Bonchev–Trinajstić information content (AvgIpc) is 2.57. The van der Waals surface area contributed by atoms with Crippen LogP contribution < -0.4 is 9.64 Å². The summed E-state index contributed by atoms with van der Waals surface area (Å²) >= 11 is 9.65. The summed E-state index contributed by atoms with van der Waals surface area (Å²) in [6.07, 6.45) is 7.57. The summed E-state index contributed by atoms with van der Waals surface area (Å²) in [5, 5.41) is 0.818. The van der Waals surface area contributed by atoms with Crippen LogP contribution in [-0.2, 0) is 6.42 Å². The first-order valence-corrected chi connectivity index (χ1v) is 9.01. The summed E-state index contributed by atoms with van der Waals surface area (Å²) in [6.45, 7) is 1.83. The van der Waals surface area contributed by atoms with E-state index in [0.29, 0.717) is 0 Å². The van der Waals surface area contributed by atoms with Crippen molar-refractivity contribution < 1.29 is 4.74 Å². The highest BCUT2D eigenvalue weighted by Crippen LogP contribution is 2.41. The van der Waals surface area contributed by atoms with Crippen molar-refractivity contribution in [1.29, 1.82) is 0 Å². The van der Waals surface area contributed by atoms with E-state index in [-0.39, 0.29) is 5.60 Å². The second-order valence-corrected chi connectivity index (χ2v) is 7.51. The third-order valence-electron chi connectivity index (χ3n) is 4.80. The van der Waals surface area contributed by atoms with Crippen LogP contribution in [0.3, 0.4) is 0 Å². The Hall–Kier alpha value is -1.33. The fourth-order valence-corrected chi connectivity index (χ4v) is 3.91. The summed E-state index contributed by atoms with van der Waals surface area (Å²) in [7, 11) is 0. The average molecular weight is 395 g/mol. The number of fused-ring (bicyclic) bond motifs is 1. The van der Waals surface area contributed by atoms with E-state index in [1.54, 1.807) is 12.4 Å². The number of halogens is 2. The van der Waals surface area contributed by atoms with Crippen LogP contribution in [0.1, 0.15) is 24.8 Å². The molecule has 1 spiro atoms. The summed E-state index contributed by atoms with van der Waals surface area (Å²) in [4.78, 5) is 11.0. The molecule has 4 rings (SSSR count). The lowest BCUT2D eigenvalue weighted by molar-refractivity contribution is 0.0224. The summed E-state index contributed by atoms with van der Waals surface area (Å²) in [5.41, 5.74) is 1.09. The number of hydrogen-bond acceptors (Lipinski definition) is 4. The summed E-state index contributed by atoms with van der Waals surface area (Å²) in [6, 6.07) is 5.94. The molecule has 1 fully saturated rings. The van der Waals surface area contributed by atoms with Crippen molar-refractivity contribution in [3.63, 3.8) is 0 Å². The van der Waals surface area contributed by atoms with Gasteiger partial charge >= 0.3 is 0 Å². The molecule has 2 aromatic rings. The second kappa shape index (κ2) is 5.95. The van der Waals surface area contributed by atoms with Gasteiger partial charge in [0.1, 0.15) is 11.4 Å². The Labute approximate surface area is 149 Å². The molecule has 0 radical (unpaired) electrons. The van der Waals surface area contributed by atoms with Gasteiger partial charge in [-0.15, -0.1) is 0 Å². The molecule has 0 saturated carbocycles. The highest BCUT2D eigenvalue weighted by molar-refractivity contribution is 9.10. The molecule has 0 atom stereocenters. The maximum Gasteiger partial charge on any atom is 0.225 e. The zero-order chi connectivity index (χ0) is 15.9. The number of rotatable bonds is 1. The molecule has 0 unspecified atom stereocenters. The minimum atomic E-state index is -0.0659. The fourth-order valence-electron chi connectivity index (χ4n) is 3.45. The van der Waals surface area contributed by atoms with Gasteiger partial charge in [-0.1, -0.05) is 17.7 Å². The molecule has 2 aliphatic heterocycles. The van der Waals surface area contributed by atoms with E-state index in [9.17, 15) is 0 Å². The molecule has 23 heavy (non-hydrogen) atoms. The lowest BCUT2D eigenvalue weighted by Crippen LogP contribution is -2.50. The van der Waals surface area contributed by atoms with E-state index in [0.717, 1.165) is 65.5 Å². The molecule has 1 saturated heterocycles. The smallest absolute Gasteiger partial charge is 0.225 e. The minimum absolute atomic E-state index is 0.0659. The van der Waals surface area contributed by atoms with Gasteiger partial charge in [0.15, 0.2) is 0 Å². The fraction of sp³-hybridized carbons (Fsp3) is 0.412. The highest BCUT2D eigenvalue weighted by Gasteiger charge is 2.40. The number of aromatic nitrogens is 2. The zero-order valence-corrected chi connectivity index (χ0v) is 15.0. The van der Waals surface area contributed by atoms with E-state index in [1.165, 1.54) is 0 Å². The normalized spacial score (nSPS) is 19.3. The van der Waals surface area contributed by atoms with Crippen molar-refractivity contribution in [2.75, 3.05) is 18.0 Å². The Bertz CT molecular complexity index is 714. The maximum absolute atomic E-state index is 6.39. The standard InChI is InChI=1S/C17H17BrClN3O/c18-12-10-20-16(21-11-12)22-8-6-17(7-9-22)5-4-13-14(19)2-1-3-15(13)23-17/h1-3,10-11H,4-9H2. The Morgan fingerprint density at radius 3 is 2.61 bits per heavy atom. The van der Waals surface area contributed by atoms with Crippen molar-refractivity contribution in [3.8, 4) is 5.75 Å². The Balaban J connectivity index is 1.48. The monoisotopic (exact) mass is 393 g/mol. The van der Waals surface area contributed by atoms with Gasteiger partial charge in [0.05, 0.1) is 4.47 Å². The van der Waals surface area contributed by atoms with Crippen LogP contribution in [0.2, 0.25) is 5.02 Å². The van der Waals surface area contributed by atoms with Gasteiger partial charge in [0.2, 0.25) is 5.95 Å². The van der Waals surface area contributed by atoms with E-state index >= 15 is 0 Å². The third-order valence-corrected chi connectivity index (χ3v) is 5.56. The van der Waals surface area contributed by atoms with Gasteiger partial charge < -0.3 is 9.64 Å². The molecule has 2 aliphatic rings. The van der Waals surface area contributed by atoms with Crippen molar-refractivity contribution in [2.45, 2.75) is 31.3 Å². The molecule has 0 bridgehead atoms. The third kappa shape index (κ3) is 2.92. The van der Waals surface area contributed by atoms with Gasteiger partial charge in [-0.25, -0.2) is 9.97 Å². The first-order chi connectivity index (χ1) is 11.2. The van der Waals surface area contributed by atoms with Gasteiger partial charge in [-0.3, -0.25) is 0 Å². The van der Waals surface area contributed by atoms with Crippen molar-refractivity contribution in [3.05, 3.63) is 45.7 Å². The van der Waals surface area contributed by atoms with Gasteiger partial charge in [-0.05, 0) is 40.9 Å². The van der Waals surface area contributed by atoms with Crippen LogP contribution in [0.25, 0.3) is 0 Å². The number of benzene rings is 1. The van der Waals surface area contributed by atoms with Gasteiger partial charge in [0.25, 0.3) is 0 Å². The van der Waals surface area contributed by atoms with Crippen molar-refractivity contribution >= 4 is 33.5 Å². The van der Waals surface area contributed by atoms with Gasteiger partial charge in [-0.2, -0.15) is 0 Å². The van der Waals surface area contributed by atoms with Crippen LogP contribution in [-0.4, -0.2) is 28.7 Å². The molecule has 0 N–H and O–H groups in total. The number of hydrogen-bond donors (Lipinski definition) is 0. The number of ether oxygens (including phenoxy) is 1. The van der Waals surface area contributed by atoms with Crippen LogP contribution in [0.4, 0.5) is 5.95 Å². The molecule has 1 aromatic carbocycles. The first-order valence-electron chi connectivity index (χ1n) is 7.84. The second-order valence-electron chi connectivity index (χ2n) is 6.19. The minimum Gasteiger partial charge on any atom is -0.487 e. The predicted molar refractivity (Wildman–Crippen MR) is 94.3 cm³/mol. The van der Waals surface area contributed by atoms with Crippen LogP contribution >= 0.6 is 27.5 Å². The maximum atomic E-state index is 6.39. The first kappa shape index (κ1) is 15.2. The predicted octanol–water partition coefficient (Wildman–Crippen LogP) is 4.26. The number of piperidine rings is 1. The van der Waals surface area contributed by atoms with Crippen LogP contribution in [0, 0.1) is 0 Å². The van der Waals surface area contributed by atoms with Crippen LogP contribution in [0.5, 0.6) is 5.75 Å². The largest absolute Gasteiger partial charge is 0.487 e. The SMILES string of the molecule is Clc1cccc2c1CCC1(CCN(c3ncc(Br)cn3)CC1)O2. The van der Waals surface area contributed by atoms with E-state index in [4.69, 9.17) is 16.3 Å². The molecule has 0 amide bonds. The number of nitrogens with zero attached hydrogens (tertiary/aromatic N) is 3. The van der Waals surface area contributed by atoms with E-state index in [1.807, 2.05) is 18.2 Å². The van der Waals surface area contributed by atoms with E-state index < -0.39 is 0 Å². The topological polar surface area (TPSA) is 38.2 Å². The number of anilines is 1. The molecular weight excluding hydrogens is 378 g/mol. The summed E-state index contributed by atoms with van der Waals surface area (Å²) < 4.78 is 7.29. The molecule has 4 nitrogen and oxygen atoms in total. The zero-order valence-electron chi connectivity index (χ0n) is 12.6. The highest BCUT2D eigenvalue weighted by atomic mass is 79.9.